The molecule has 1 unspecified atom stereocenters. The molecule has 0 saturated heterocycles. The van der Waals surface area contributed by atoms with Crippen LogP contribution in [0.2, 0.25) is 0 Å². The van der Waals surface area contributed by atoms with Crippen molar-refractivity contribution in [1.82, 2.24) is 10.2 Å². The molecule has 7 nitrogen and oxygen atoms in total. The van der Waals surface area contributed by atoms with Crippen molar-refractivity contribution in [1.29, 1.82) is 0 Å². The molecule has 40 heavy (non-hydrogen) atoms. The van der Waals surface area contributed by atoms with E-state index >= 15 is 0 Å². The summed E-state index contributed by atoms with van der Waals surface area (Å²) in [5.41, 5.74) is 1.42. The monoisotopic (exact) mass is 673 g/mol. The molecule has 1 N–H and O–H groups in total. The second-order valence-electron chi connectivity index (χ2n) is 10.1. The van der Waals surface area contributed by atoms with Gasteiger partial charge in [0.2, 0.25) is 11.8 Å². The van der Waals surface area contributed by atoms with Crippen LogP contribution in [0.1, 0.15) is 44.6 Å². The first-order chi connectivity index (χ1) is 19.3. The third-order valence-corrected chi connectivity index (χ3v) is 9.83. The van der Waals surface area contributed by atoms with Gasteiger partial charge in [-0.25, -0.2) is 8.42 Å². The molecule has 4 rings (SSSR count). The van der Waals surface area contributed by atoms with Crippen molar-refractivity contribution in [3.63, 3.8) is 0 Å². The summed E-state index contributed by atoms with van der Waals surface area (Å²) < 4.78 is 29.7. The summed E-state index contributed by atoms with van der Waals surface area (Å²) >= 11 is 2.16. The molecule has 212 valence electrons. The van der Waals surface area contributed by atoms with E-state index in [0.29, 0.717) is 12.1 Å². The number of hydrogen-bond donors (Lipinski definition) is 1. The van der Waals surface area contributed by atoms with Crippen molar-refractivity contribution < 1.29 is 18.0 Å². The van der Waals surface area contributed by atoms with Crippen LogP contribution in [-0.2, 0) is 26.0 Å². The Labute approximate surface area is 251 Å². The Bertz CT molecular complexity index is 1360. The highest BCUT2D eigenvalue weighted by molar-refractivity contribution is 14.1. The molecular formula is C31H36IN3O4S. The fourth-order valence-electron chi connectivity index (χ4n) is 4.99. The second-order valence-corrected chi connectivity index (χ2v) is 13.3. The smallest absolute Gasteiger partial charge is 0.264 e. The number of anilines is 1. The lowest BCUT2D eigenvalue weighted by molar-refractivity contribution is -0.139. The number of benzene rings is 3. The van der Waals surface area contributed by atoms with Gasteiger partial charge in [-0.3, -0.25) is 13.9 Å². The van der Waals surface area contributed by atoms with Crippen LogP contribution < -0.4 is 9.62 Å². The summed E-state index contributed by atoms with van der Waals surface area (Å²) in [6.45, 7) is 1.59. The van der Waals surface area contributed by atoms with Crippen LogP contribution in [0.5, 0.6) is 0 Å². The van der Waals surface area contributed by atoms with Gasteiger partial charge in [0.15, 0.2) is 0 Å². The fourth-order valence-corrected chi connectivity index (χ4v) is 6.79. The molecule has 0 bridgehead atoms. The zero-order valence-electron chi connectivity index (χ0n) is 22.7. The Morgan fingerprint density at radius 1 is 0.900 bits per heavy atom. The Hall–Kier alpha value is -2.92. The highest BCUT2D eigenvalue weighted by atomic mass is 127. The molecule has 1 atom stereocenters. The second kappa shape index (κ2) is 14.1. The first-order valence-electron chi connectivity index (χ1n) is 13.7. The lowest BCUT2D eigenvalue weighted by atomic mass is 9.95. The lowest BCUT2D eigenvalue weighted by Crippen LogP contribution is -2.53. The Balaban J connectivity index is 1.62. The number of halogens is 1. The maximum atomic E-state index is 14.0. The van der Waals surface area contributed by atoms with Crippen LogP contribution in [0.4, 0.5) is 5.69 Å². The van der Waals surface area contributed by atoms with Crippen molar-refractivity contribution in [2.24, 2.45) is 0 Å². The van der Waals surface area contributed by atoms with E-state index in [4.69, 9.17) is 0 Å². The van der Waals surface area contributed by atoms with Gasteiger partial charge in [0, 0.05) is 16.2 Å². The average molecular weight is 674 g/mol. The summed E-state index contributed by atoms with van der Waals surface area (Å²) in [6.07, 6.45) is 5.76. The number of hydrogen-bond acceptors (Lipinski definition) is 4. The van der Waals surface area contributed by atoms with E-state index in [1.54, 1.807) is 49.4 Å². The molecule has 1 fully saturated rings. The quantitative estimate of drug-likeness (QED) is 0.277. The summed E-state index contributed by atoms with van der Waals surface area (Å²) in [4.78, 5) is 28.9. The molecule has 3 aromatic carbocycles. The highest BCUT2D eigenvalue weighted by Crippen LogP contribution is 2.25. The molecule has 2 amide bonds. The maximum absolute atomic E-state index is 14.0. The normalized spacial score (nSPS) is 14.8. The van der Waals surface area contributed by atoms with Crippen LogP contribution in [-0.4, -0.2) is 50.3 Å². The lowest BCUT2D eigenvalue weighted by Gasteiger charge is -2.33. The largest absolute Gasteiger partial charge is 0.352 e. The number of carbonyl (C=O) groups is 2. The number of sulfonamides is 1. The van der Waals surface area contributed by atoms with Gasteiger partial charge in [0.05, 0.1) is 10.6 Å². The van der Waals surface area contributed by atoms with Crippen molar-refractivity contribution >= 4 is 50.1 Å². The maximum Gasteiger partial charge on any atom is 0.264 e. The molecule has 1 saturated carbocycles. The third-order valence-electron chi connectivity index (χ3n) is 7.33. The van der Waals surface area contributed by atoms with E-state index in [1.807, 2.05) is 30.3 Å². The topological polar surface area (TPSA) is 86.8 Å². The molecule has 0 aromatic heterocycles. The van der Waals surface area contributed by atoms with Crippen molar-refractivity contribution in [2.75, 3.05) is 17.4 Å². The molecule has 0 heterocycles. The SMILES string of the molecule is CC(C(=O)NC1CCCCC1)N(CCc1ccccc1)C(=O)CN(c1ccc(I)cc1)S(=O)(=O)c1ccccc1. The van der Waals surface area contributed by atoms with Crippen molar-refractivity contribution in [2.45, 2.75) is 62.4 Å². The zero-order chi connectivity index (χ0) is 28.5. The number of carbonyl (C=O) groups excluding carboxylic acids is 2. The predicted molar refractivity (Wildman–Crippen MR) is 166 cm³/mol. The minimum absolute atomic E-state index is 0.0975. The van der Waals surface area contributed by atoms with Gasteiger partial charge >= 0.3 is 0 Å². The minimum Gasteiger partial charge on any atom is -0.352 e. The molecule has 0 aliphatic heterocycles. The first-order valence-corrected chi connectivity index (χ1v) is 16.2. The van der Waals surface area contributed by atoms with Crippen LogP contribution >= 0.6 is 22.6 Å². The highest BCUT2D eigenvalue weighted by Gasteiger charge is 2.33. The van der Waals surface area contributed by atoms with Crippen LogP contribution in [0.3, 0.4) is 0 Å². The van der Waals surface area contributed by atoms with E-state index in [1.165, 1.54) is 23.5 Å². The predicted octanol–water partition coefficient (Wildman–Crippen LogP) is 5.40. The summed E-state index contributed by atoms with van der Waals surface area (Å²) in [5, 5.41) is 3.13. The Morgan fingerprint density at radius 2 is 1.50 bits per heavy atom. The van der Waals surface area contributed by atoms with E-state index < -0.39 is 28.5 Å². The Morgan fingerprint density at radius 3 is 2.12 bits per heavy atom. The van der Waals surface area contributed by atoms with E-state index in [0.717, 1.165) is 39.1 Å². The number of rotatable bonds is 11. The first kappa shape index (κ1) is 30.0. The van der Waals surface area contributed by atoms with E-state index in [-0.39, 0.29) is 23.4 Å². The molecule has 1 aliphatic carbocycles. The minimum atomic E-state index is -4.05. The van der Waals surface area contributed by atoms with Gasteiger partial charge in [0.25, 0.3) is 10.0 Å². The van der Waals surface area contributed by atoms with Gasteiger partial charge in [-0.15, -0.1) is 0 Å². The molecule has 0 spiro atoms. The van der Waals surface area contributed by atoms with Crippen LogP contribution in [0, 0.1) is 3.57 Å². The van der Waals surface area contributed by atoms with Gasteiger partial charge in [-0.1, -0.05) is 67.8 Å². The molecule has 0 radical (unpaired) electrons. The van der Waals surface area contributed by atoms with Gasteiger partial charge in [-0.05, 0) is 90.7 Å². The third kappa shape index (κ3) is 7.84. The van der Waals surface area contributed by atoms with Crippen molar-refractivity contribution in [3.05, 3.63) is 94.1 Å². The number of amides is 2. The van der Waals surface area contributed by atoms with Gasteiger partial charge < -0.3 is 10.2 Å². The zero-order valence-corrected chi connectivity index (χ0v) is 25.7. The number of nitrogens with one attached hydrogen (secondary N) is 1. The van der Waals surface area contributed by atoms with Crippen LogP contribution in [0.15, 0.2) is 89.8 Å². The van der Waals surface area contributed by atoms with Crippen LogP contribution in [0.25, 0.3) is 0 Å². The molecule has 9 heteroatoms. The molecular weight excluding hydrogens is 637 g/mol. The van der Waals surface area contributed by atoms with Crippen molar-refractivity contribution in [3.8, 4) is 0 Å². The van der Waals surface area contributed by atoms with E-state index in [9.17, 15) is 18.0 Å². The molecule has 3 aromatic rings. The van der Waals surface area contributed by atoms with E-state index in [2.05, 4.69) is 27.9 Å². The standard InChI is InChI=1S/C31H36IN3O4S/c1-24(31(37)33-27-13-7-3-8-14-27)34(22-21-25-11-5-2-6-12-25)30(36)23-35(28-19-17-26(32)18-20-28)40(38,39)29-15-9-4-10-16-29/h2,4-6,9-12,15-20,24,27H,3,7-8,13-14,21-23H2,1H3,(H,33,37). The van der Waals surface area contributed by atoms with Gasteiger partial charge in [-0.2, -0.15) is 0 Å². The Kier molecular flexibility index (Phi) is 10.6. The van der Waals surface area contributed by atoms with Gasteiger partial charge in [0.1, 0.15) is 12.6 Å². The summed E-state index contributed by atoms with van der Waals surface area (Å²) in [7, 11) is -4.05. The average Bonchev–Trinajstić information content (AvgIpc) is 2.98. The molecule has 1 aliphatic rings. The summed E-state index contributed by atoms with van der Waals surface area (Å²) in [5.74, 6) is -0.639. The summed E-state index contributed by atoms with van der Waals surface area (Å²) in [6, 6.07) is 24.2. The number of nitrogens with zero attached hydrogens (tertiary/aromatic N) is 2. The fraction of sp³-hybridized carbons (Fsp3) is 0.355.